The fraction of sp³-hybridized carbons (Fsp3) is 0.842. The van der Waals surface area contributed by atoms with Gasteiger partial charge >= 0.3 is 5.97 Å². The van der Waals surface area contributed by atoms with Crippen molar-refractivity contribution >= 4 is 17.8 Å². The molecule has 0 bridgehead atoms. The Kier molecular flexibility index (Phi) is 9.18. The number of hydrogen-bond donors (Lipinski definition) is 4. The second-order valence-electron chi connectivity index (χ2n) is 8.43. The van der Waals surface area contributed by atoms with Crippen molar-refractivity contribution in [2.24, 2.45) is 11.3 Å². The minimum absolute atomic E-state index is 0.0337. The molecule has 156 valence electrons. The van der Waals surface area contributed by atoms with E-state index in [4.69, 9.17) is 4.74 Å². The van der Waals surface area contributed by atoms with Crippen molar-refractivity contribution in [3.63, 3.8) is 0 Å². The van der Waals surface area contributed by atoms with Gasteiger partial charge in [0.1, 0.15) is 18.2 Å². The molecule has 1 rings (SSSR count). The van der Waals surface area contributed by atoms with E-state index in [0.717, 1.165) is 0 Å². The average molecular weight is 386 g/mol. The lowest BCUT2D eigenvalue weighted by Gasteiger charge is -2.29. The third-order valence-corrected chi connectivity index (χ3v) is 4.81. The lowest BCUT2D eigenvalue weighted by molar-refractivity contribution is -0.143. The normalized spacial score (nSPS) is 21.0. The maximum Gasteiger partial charge on any atom is 0.326 e. The number of morpholine rings is 1. The van der Waals surface area contributed by atoms with Crippen LogP contribution in [0.2, 0.25) is 0 Å². The van der Waals surface area contributed by atoms with Crippen molar-refractivity contribution in [1.29, 1.82) is 0 Å². The van der Waals surface area contributed by atoms with Gasteiger partial charge in [0.15, 0.2) is 0 Å². The van der Waals surface area contributed by atoms with Crippen LogP contribution in [0.25, 0.3) is 0 Å². The first-order valence-corrected chi connectivity index (χ1v) is 9.71. The van der Waals surface area contributed by atoms with E-state index in [1.807, 2.05) is 34.6 Å². The van der Waals surface area contributed by atoms with Crippen LogP contribution in [0.1, 0.15) is 53.9 Å². The molecule has 0 aromatic heterocycles. The molecule has 1 aliphatic rings. The summed E-state index contributed by atoms with van der Waals surface area (Å²) < 4.78 is 5.43. The van der Waals surface area contributed by atoms with Gasteiger partial charge < -0.3 is 25.8 Å². The number of carbonyl (C=O) groups excluding carboxylic acids is 2. The number of carboxylic acid groups (broad SMARTS) is 1. The number of aliphatic carboxylic acids is 1. The number of rotatable bonds is 9. The predicted molar refractivity (Wildman–Crippen MR) is 102 cm³/mol. The molecule has 0 aromatic rings. The Labute approximate surface area is 161 Å². The summed E-state index contributed by atoms with van der Waals surface area (Å²) in [5.41, 5.74) is -0.0337. The van der Waals surface area contributed by atoms with Crippen molar-refractivity contribution in [3.05, 3.63) is 0 Å². The van der Waals surface area contributed by atoms with Gasteiger partial charge in [0.2, 0.25) is 5.91 Å². The van der Waals surface area contributed by atoms with Gasteiger partial charge in [0, 0.05) is 13.1 Å². The van der Waals surface area contributed by atoms with Crippen molar-refractivity contribution in [2.45, 2.75) is 72.1 Å². The van der Waals surface area contributed by atoms with Crippen molar-refractivity contribution in [2.75, 3.05) is 19.7 Å². The van der Waals surface area contributed by atoms with Gasteiger partial charge in [-0.1, -0.05) is 41.0 Å². The lowest BCUT2D eigenvalue weighted by Crippen LogP contribution is -2.57. The van der Waals surface area contributed by atoms with Crippen molar-refractivity contribution in [1.82, 2.24) is 16.0 Å². The molecule has 27 heavy (non-hydrogen) atoms. The zero-order chi connectivity index (χ0) is 20.6. The number of ether oxygens (including phenoxy) is 1. The third kappa shape index (κ3) is 8.26. The fourth-order valence-electron chi connectivity index (χ4n) is 2.78. The Morgan fingerprint density at radius 1 is 1.26 bits per heavy atom. The van der Waals surface area contributed by atoms with E-state index in [2.05, 4.69) is 16.0 Å². The number of carboxylic acids is 1. The summed E-state index contributed by atoms with van der Waals surface area (Å²) in [6.45, 7) is 11.4. The smallest absolute Gasteiger partial charge is 0.326 e. The zero-order valence-electron chi connectivity index (χ0n) is 17.1. The van der Waals surface area contributed by atoms with Gasteiger partial charge in [-0.3, -0.25) is 9.59 Å². The largest absolute Gasteiger partial charge is 0.480 e. The van der Waals surface area contributed by atoms with Gasteiger partial charge in [-0.15, -0.1) is 0 Å². The summed E-state index contributed by atoms with van der Waals surface area (Å²) in [5, 5.41) is 17.9. The van der Waals surface area contributed by atoms with E-state index in [1.54, 1.807) is 0 Å². The Bertz CT molecular complexity index is 512. The van der Waals surface area contributed by atoms with Crippen LogP contribution in [0, 0.1) is 11.3 Å². The lowest BCUT2D eigenvalue weighted by atomic mass is 9.88. The molecule has 1 fully saturated rings. The summed E-state index contributed by atoms with van der Waals surface area (Å²) in [4.78, 5) is 36.7. The summed E-state index contributed by atoms with van der Waals surface area (Å²) in [5.74, 6) is -2.03. The van der Waals surface area contributed by atoms with E-state index in [-0.39, 0.29) is 17.2 Å². The second kappa shape index (κ2) is 10.6. The fourth-order valence-corrected chi connectivity index (χ4v) is 2.78. The molecule has 0 unspecified atom stereocenters. The van der Waals surface area contributed by atoms with Crippen LogP contribution in [-0.2, 0) is 19.1 Å². The Morgan fingerprint density at radius 3 is 2.41 bits per heavy atom. The molecule has 4 atom stereocenters. The van der Waals surface area contributed by atoms with Crippen LogP contribution in [0.4, 0.5) is 0 Å². The predicted octanol–water partition coefficient (Wildman–Crippen LogP) is 0.901. The molecule has 4 N–H and O–H groups in total. The maximum atomic E-state index is 12.8. The summed E-state index contributed by atoms with van der Waals surface area (Å²) in [6, 6.07) is -1.78. The van der Waals surface area contributed by atoms with Crippen LogP contribution in [0.5, 0.6) is 0 Å². The van der Waals surface area contributed by atoms with Crippen LogP contribution in [0.15, 0.2) is 0 Å². The quantitative estimate of drug-likeness (QED) is 0.469. The molecular weight excluding hydrogens is 350 g/mol. The van der Waals surface area contributed by atoms with Crippen LogP contribution < -0.4 is 16.0 Å². The molecule has 0 aliphatic carbocycles. The van der Waals surface area contributed by atoms with E-state index in [9.17, 15) is 19.5 Å². The van der Waals surface area contributed by atoms with Gasteiger partial charge in [0.25, 0.3) is 5.91 Å². The van der Waals surface area contributed by atoms with Crippen LogP contribution in [-0.4, -0.2) is 60.8 Å². The van der Waals surface area contributed by atoms with Crippen molar-refractivity contribution in [3.8, 4) is 0 Å². The molecule has 8 heteroatoms. The first kappa shape index (κ1) is 23.4. The molecule has 2 amide bonds. The summed E-state index contributed by atoms with van der Waals surface area (Å²) in [7, 11) is 0. The van der Waals surface area contributed by atoms with E-state index in [1.165, 1.54) is 0 Å². The Balaban J connectivity index is 2.77. The molecule has 1 aliphatic heterocycles. The number of hydrogen-bond acceptors (Lipinski definition) is 5. The van der Waals surface area contributed by atoms with E-state index < -0.39 is 30.1 Å². The molecular formula is C19H35N3O5. The zero-order valence-corrected chi connectivity index (χ0v) is 17.1. The minimum Gasteiger partial charge on any atom is -0.480 e. The maximum absolute atomic E-state index is 12.8. The van der Waals surface area contributed by atoms with Crippen LogP contribution in [0.3, 0.4) is 0 Å². The van der Waals surface area contributed by atoms with E-state index in [0.29, 0.717) is 39.0 Å². The molecule has 1 heterocycles. The van der Waals surface area contributed by atoms with Gasteiger partial charge in [-0.2, -0.15) is 0 Å². The molecule has 8 nitrogen and oxygen atoms in total. The molecule has 0 saturated carbocycles. The summed E-state index contributed by atoms with van der Waals surface area (Å²) in [6.07, 6.45) is 1.02. The average Bonchev–Trinajstić information content (AvgIpc) is 2.61. The van der Waals surface area contributed by atoms with Gasteiger partial charge in [-0.05, 0) is 24.2 Å². The third-order valence-electron chi connectivity index (χ3n) is 4.81. The number of carbonyl (C=O) groups is 3. The molecule has 0 aromatic carbocycles. The SMILES string of the molecule is CC[C@H](C)[C@H](NC(=O)[C@H]1CNCCO1)C(=O)N[C@@H](CCC(C)(C)C)C(=O)O. The van der Waals surface area contributed by atoms with E-state index >= 15 is 0 Å². The Morgan fingerprint density at radius 2 is 1.93 bits per heavy atom. The van der Waals surface area contributed by atoms with Crippen molar-refractivity contribution < 1.29 is 24.2 Å². The first-order valence-electron chi connectivity index (χ1n) is 9.71. The van der Waals surface area contributed by atoms with Crippen LogP contribution >= 0.6 is 0 Å². The van der Waals surface area contributed by atoms with Gasteiger partial charge in [0.05, 0.1) is 6.61 Å². The molecule has 0 radical (unpaired) electrons. The monoisotopic (exact) mass is 385 g/mol. The highest BCUT2D eigenvalue weighted by Gasteiger charge is 2.32. The first-order chi connectivity index (χ1) is 12.5. The van der Waals surface area contributed by atoms with Gasteiger partial charge in [-0.25, -0.2) is 4.79 Å². The highest BCUT2D eigenvalue weighted by molar-refractivity contribution is 5.91. The molecule has 1 saturated heterocycles. The summed E-state index contributed by atoms with van der Waals surface area (Å²) >= 11 is 0. The second-order valence-corrected chi connectivity index (χ2v) is 8.43. The highest BCUT2D eigenvalue weighted by atomic mass is 16.5. The Hall–Kier alpha value is -1.67. The standard InChI is InChI=1S/C19H35N3O5/c1-6-12(2)15(22-16(23)14-11-20-9-10-27-14)17(24)21-13(18(25)26)7-8-19(3,4)5/h12-15,20H,6-11H2,1-5H3,(H,21,24)(H,22,23)(H,25,26)/t12-,13-,14+,15-/m0/s1. The number of amides is 2. The molecule has 0 spiro atoms. The minimum atomic E-state index is -1.07. The topological polar surface area (TPSA) is 117 Å². The highest BCUT2D eigenvalue weighted by Crippen LogP contribution is 2.22. The number of nitrogens with one attached hydrogen (secondary N) is 3.